The highest BCUT2D eigenvalue weighted by atomic mass is 32.2. The van der Waals surface area contributed by atoms with Gasteiger partial charge in [-0.2, -0.15) is 5.01 Å². The summed E-state index contributed by atoms with van der Waals surface area (Å²) in [4.78, 5) is 14.9. The molecule has 1 aromatic carbocycles. The van der Waals surface area contributed by atoms with Crippen molar-refractivity contribution >= 4 is 23.2 Å². The van der Waals surface area contributed by atoms with Gasteiger partial charge in [0.1, 0.15) is 0 Å². The van der Waals surface area contributed by atoms with Gasteiger partial charge in [0.25, 0.3) is 0 Å². The van der Waals surface area contributed by atoms with Crippen molar-refractivity contribution in [1.29, 1.82) is 0 Å². The normalized spacial score (nSPS) is 20.3. The van der Waals surface area contributed by atoms with Crippen LogP contribution in [0.3, 0.4) is 0 Å². The lowest BCUT2D eigenvalue weighted by atomic mass is 10.2. The summed E-state index contributed by atoms with van der Waals surface area (Å²) in [6.07, 6.45) is 0.432. The van der Waals surface area contributed by atoms with Gasteiger partial charge in [0.2, 0.25) is 0 Å². The van der Waals surface area contributed by atoms with Crippen LogP contribution in [0.25, 0.3) is 0 Å². The average Bonchev–Trinajstić information content (AvgIpc) is 2.69. The number of thioether (sulfide) groups is 1. The van der Waals surface area contributed by atoms with E-state index in [2.05, 4.69) is 22.6 Å². The van der Waals surface area contributed by atoms with E-state index in [1.165, 1.54) is 5.56 Å². The average molecular weight is 235 g/mol. The van der Waals surface area contributed by atoms with Gasteiger partial charge in [-0.1, -0.05) is 42.1 Å². The molecule has 5 heteroatoms. The highest BCUT2D eigenvalue weighted by Crippen LogP contribution is 2.16. The Kier molecular flexibility index (Phi) is 3.58. The van der Waals surface area contributed by atoms with Crippen LogP contribution in [-0.2, 0) is 10.5 Å². The molecule has 0 bridgehead atoms. The predicted molar refractivity (Wildman–Crippen MR) is 65.9 cm³/mol. The summed E-state index contributed by atoms with van der Waals surface area (Å²) < 4.78 is 0. The Balaban J connectivity index is 1.90. The van der Waals surface area contributed by atoms with Gasteiger partial charge in [0, 0.05) is 12.8 Å². The number of hydrogen-bond donors (Lipinski definition) is 1. The standard InChI is InChI=1S/C11H13N3OS/c1-14-10(7-15)12-11(13-14)16-8-9-5-3-2-4-6-9/h2-7,10H,8H2,1H3,(H,12,13). The minimum Gasteiger partial charge on any atom is -0.299 e. The molecule has 0 saturated carbocycles. The first-order valence-electron chi connectivity index (χ1n) is 4.99. The second kappa shape index (κ2) is 5.14. The molecule has 1 aliphatic heterocycles. The monoisotopic (exact) mass is 235 g/mol. The SMILES string of the molecule is CN1NC(SCc2ccccc2)=NC1C=O. The number of carbonyl (C=O) groups is 1. The van der Waals surface area contributed by atoms with E-state index in [1.54, 1.807) is 23.8 Å². The lowest BCUT2D eigenvalue weighted by Crippen LogP contribution is -2.37. The van der Waals surface area contributed by atoms with Gasteiger partial charge in [0.05, 0.1) is 0 Å². The molecule has 1 unspecified atom stereocenters. The number of hydrazine groups is 1. The fourth-order valence-electron chi connectivity index (χ4n) is 1.37. The first-order valence-corrected chi connectivity index (χ1v) is 5.97. The van der Waals surface area contributed by atoms with Crippen molar-refractivity contribution < 1.29 is 4.79 Å². The zero-order chi connectivity index (χ0) is 11.4. The summed E-state index contributed by atoms with van der Waals surface area (Å²) in [5, 5.41) is 2.49. The van der Waals surface area contributed by atoms with Crippen LogP contribution >= 0.6 is 11.8 Å². The minimum absolute atomic E-state index is 0.390. The van der Waals surface area contributed by atoms with Crippen molar-refractivity contribution in [2.75, 3.05) is 7.05 Å². The Bertz CT molecular complexity index is 393. The molecular weight excluding hydrogens is 222 g/mol. The summed E-state index contributed by atoms with van der Waals surface area (Å²) in [5.74, 6) is 0.853. The van der Waals surface area contributed by atoms with Gasteiger partial charge in [-0.3, -0.25) is 10.2 Å². The molecule has 1 N–H and O–H groups in total. The number of aliphatic imine (C=N–C) groups is 1. The molecule has 0 aromatic heterocycles. The van der Waals surface area contributed by atoms with Gasteiger partial charge in [-0.25, -0.2) is 4.99 Å². The summed E-state index contributed by atoms with van der Waals surface area (Å²) in [5.41, 5.74) is 4.28. The molecule has 84 valence electrons. The molecule has 0 amide bonds. The van der Waals surface area contributed by atoms with E-state index in [9.17, 15) is 4.79 Å². The third-order valence-corrected chi connectivity index (χ3v) is 3.21. The Morgan fingerprint density at radius 2 is 2.25 bits per heavy atom. The quantitative estimate of drug-likeness (QED) is 0.801. The number of amidine groups is 1. The number of likely N-dealkylation sites (N-methyl/N-ethyl adjacent to an activating group) is 1. The Morgan fingerprint density at radius 3 is 2.88 bits per heavy atom. The maximum atomic E-state index is 10.6. The van der Waals surface area contributed by atoms with E-state index in [0.717, 1.165) is 17.2 Å². The second-order valence-corrected chi connectivity index (χ2v) is 4.44. The van der Waals surface area contributed by atoms with Crippen LogP contribution in [0.5, 0.6) is 0 Å². The minimum atomic E-state index is -0.390. The van der Waals surface area contributed by atoms with Crippen molar-refractivity contribution in [3.05, 3.63) is 35.9 Å². The largest absolute Gasteiger partial charge is 0.299 e. The molecule has 0 aliphatic carbocycles. The van der Waals surface area contributed by atoms with Gasteiger partial charge in [-0.15, -0.1) is 0 Å². The van der Waals surface area contributed by atoms with E-state index in [0.29, 0.717) is 0 Å². The Labute approximate surface area is 98.7 Å². The fraction of sp³-hybridized carbons (Fsp3) is 0.273. The fourth-order valence-corrected chi connectivity index (χ4v) is 2.26. The molecule has 16 heavy (non-hydrogen) atoms. The smallest absolute Gasteiger partial charge is 0.177 e. The summed E-state index contributed by atoms with van der Waals surface area (Å²) in [6.45, 7) is 0. The third-order valence-electron chi connectivity index (χ3n) is 2.26. The molecule has 0 fully saturated rings. The number of hydrogen-bond acceptors (Lipinski definition) is 5. The highest BCUT2D eigenvalue weighted by molar-refractivity contribution is 8.13. The molecule has 1 aliphatic rings. The topological polar surface area (TPSA) is 44.7 Å². The van der Waals surface area contributed by atoms with Crippen LogP contribution in [0.15, 0.2) is 35.3 Å². The number of nitrogens with one attached hydrogen (secondary N) is 1. The zero-order valence-electron chi connectivity index (χ0n) is 8.96. The summed E-state index contributed by atoms with van der Waals surface area (Å²) in [6, 6.07) is 10.2. The molecule has 1 heterocycles. The molecule has 0 saturated heterocycles. The lowest BCUT2D eigenvalue weighted by Gasteiger charge is -2.11. The van der Waals surface area contributed by atoms with Crippen LogP contribution in [0.1, 0.15) is 5.56 Å². The number of aldehydes is 1. The second-order valence-electron chi connectivity index (χ2n) is 3.48. The number of carbonyl (C=O) groups excluding carboxylic acids is 1. The Hall–Kier alpha value is -1.33. The van der Waals surface area contributed by atoms with Crippen molar-refractivity contribution in [2.45, 2.75) is 11.9 Å². The number of benzene rings is 1. The maximum absolute atomic E-state index is 10.6. The first kappa shape index (κ1) is 11.2. The van der Waals surface area contributed by atoms with Crippen LogP contribution in [0, 0.1) is 0 Å². The number of nitrogens with zero attached hydrogens (tertiary/aromatic N) is 2. The van der Waals surface area contributed by atoms with Crippen molar-refractivity contribution in [1.82, 2.24) is 10.4 Å². The van der Waals surface area contributed by atoms with E-state index >= 15 is 0 Å². The van der Waals surface area contributed by atoms with Crippen LogP contribution in [0.4, 0.5) is 0 Å². The van der Waals surface area contributed by atoms with Crippen LogP contribution < -0.4 is 5.43 Å². The van der Waals surface area contributed by atoms with E-state index in [-0.39, 0.29) is 0 Å². The highest BCUT2D eigenvalue weighted by Gasteiger charge is 2.21. The third kappa shape index (κ3) is 2.62. The van der Waals surface area contributed by atoms with E-state index < -0.39 is 6.17 Å². The van der Waals surface area contributed by atoms with E-state index in [4.69, 9.17) is 0 Å². The van der Waals surface area contributed by atoms with Crippen molar-refractivity contribution in [2.24, 2.45) is 4.99 Å². The molecule has 2 rings (SSSR count). The van der Waals surface area contributed by atoms with Gasteiger partial charge in [0.15, 0.2) is 17.6 Å². The Morgan fingerprint density at radius 1 is 1.50 bits per heavy atom. The van der Waals surface area contributed by atoms with Crippen LogP contribution in [0.2, 0.25) is 0 Å². The van der Waals surface area contributed by atoms with Crippen molar-refractivity contribution in [3.63, 3.8) is 0 Å². The maximum Gasteiger partial charge on any atom is 0.177 e. The molecule has 0 radical (unpaired) electrons. The molecular formula is C11H13N3OS. The molecule has 1 atom stereocenters. The molecule has 1 aromatic rings. The molecule has 0 spiro atoms. The van der Waals surface area contributed by atoms with Gasteiger partial charge >= 0.3 is 0 Å². The summed E-state index contributed by atoms with van der Waals surface area (Å²) in [7, 11) is 1.80. The predicted octanol–water partition coefficient (Wildman–Crippen LogP) is 1.25. The van der Waals surface area contributed by atoms with Crippen molar-refractivity contribution in [3.8, 4) is 0 Å². The molecule has 4 nitrogen and oxygen atoms in total. The van der Waals surface area contributed by atoms with Crippen LogP contribution in [-0.4, -0.2) is 29.7 Å². The number of rotatable bonds is 3. The van der Waals surface area contributed by atoms with Gasteiger partial charge in [-0.05, 0) is 5.56 Å². The van der Waals surface area contributed by atoms with E-state index in [1.807, 2.05) is 18.2 Å². The zero-order valence-corrected chi connectivity index (χ0v) is 9.78. The lowest BCUT2D eigenvalue weighted by molar-refractivity contribution is -0.111. The summed E-state index contributed by atoms with van der Waals surface area (Å²) >= 11 is 1.60. The van der Waals surface area contributed by atoms with Gasteiger partial charge < -0.3 is 0 Å². The first-order chi connectivity index (χ1) is 7.79.